The summed E-state index contributed by atoms with van der Waals surface area (Å²) in [6.07, 6.45) is 0.201. The van der Waals surface area contributed by atoms with E-state index < -0.39 is 23.3 Å². The number of ether oxygens (including phenoxy) is 2. The van der Waals surface area contributed by atoms with Crippen molar-refractivity contribution in [2.75, 3.05) is 13.7 Å². The maximum atomic E-state index is 11.5. The van der Waals surface area contributed by atoms with Gasteiger partial charge in [-0.3, -0.25) is 14.4 Å². The van der Waals surface area contributed by atoms with E-state index in [9.17, 15) is 14.4 Å². The Balaban J connectivity index is 2.72. The lowest BCUT2D eigenvalue weighted by Crippen LogP contribution is -2.30. The first-order valence-corrected chi connectivity index (χ1v) is 4.96. The van der Waals surface area contributed by atoms with E-state index in [2.05, 4.69) is 4.74 Å². The number of carbonyl (C=O) groups excluding carboxylic acids is 2. The highest BCUT2D eigenvalue weighted by Crippen LogP contribution is 2.38. The Kier molecular flexibility index (Phi) is 3.87. The molecule has 0 radical (unpaired) electrons. The van der Waals surface area contributed by atoms with Crippen LogP contribution in [-0.4, -0.2) is 36.7 Å². The minimum Gasteiger partial charge on any atom is -0.481 e. The molecule has 1 atom stereocenters. The van der Waals surface area contributed by atoms with Crippen LogP contribution in [0.3, 0.4) is 0 Å². The summed E-state index contributed by atoms with van der Waals surface area (Å²) in [5, 5.41) is 8.60. The Bertz CT molecular complexity index is 310. The molecule has 90 valence electrons. The van der Waals surface area contributed by atoms with Gasteiger partial charge in [-0.15, -0.1) is 0 Å². The number of hydrogen-bond acceptors (Lipinski definition) is 5. The summed E-state index contributed by atoms with van der Waals surface area (Å²) in [4.78, 5) is 33.2. The number of carboxylic acid groups (broad SMARTS) is 1. The van der Waals surface area contributed by atoms with Crippen LogP contribution in [0.25, 0.3) is 0 Å². The summed E-state index contributed by atoms with van der Waals surface area (Å²) in [7, 11) is 1.23. The number of esters is 2. The number of hydrogen-bond donors (Lipinski definition) is 1. The van der Waals surface area contributed by atoms with Gasteiger partial charge in [-0.1, -0.05) is 0 Å². The molecule has 1 saturated heterocycles. The largest absolute Gasteiger partial charge is 0.481 e. The molecule has 16 heavy (non-hydrogen) atoms. The van der Waals surface area contributed by atoms with E-state index in [1.54, 1.807) is 0 Å². The second-order valence-corrected chi connectivity index (χ2v) is 3.81. The predicted octanol–water partition coefficient (Wildman–Crippen LogP) is 0.348. The van der Waals surface area contributed by atoms with E-state index in [0.29, 0.717) is 6.42 Å². The minimum atomic E-state index is -1.01. The highest BCUT2D eigenvalue weighted by atomic mass is 16.5. The summed E-state index contributed by atoms with van der Waals surface area (Å²) in [6.45, 7) is 0.232. The van der Waals surface area contributed by atoms with Gasteiger partial charge in [0.05, 0.1) is 25.6 Å². The molecule has 1 unspecified atom stereocenters. The van der Waals surface area contributed by atoms with Crippen LogP contribution >= 0.6 is 0 Å². The first kappa shape index (κ1) is 12.5. The summed E-state index contributed by atoms with van der Waals surface area (Å²) < 4.78 is 9.31. The molecule has 0 aromatic heterocycles. The normalized spacial score (nSPS) is 23.9. The van der Waals surface area contributed by atoms with Gasteiger partial charge in [0.2, 0.25) is 0 Å². The third-order valence-corrected chi connectivity index (χ3v) is 2.77. The number of rotatable bonds is 5. The fourth-order valence-electron chi connectivity index (χ4n) is 1.76. The lowest BCUT2D eigenvalue weighted by molar-refractivity contribution is -0.155. The summed E-state index contributed by atoms with van der Waals surface area (Å²) in [6, 6.07) is 0. The van der Waals surface area contributed by atoms with Gasteiger partial charge in [0.15, 0.2) is 0 Å². The van der Waals surface area contributed by atoms with E-state index in [0.717, 1.165) is 0 Å². The van der Waals surface area contributed by atoms with Crippen LogP contribution in [0, 0.1) is 5.41 Å². The predicted molar refractivity (Wildman–Crippen MR) is 51.5 cm³/mol. The van der Waals surface area contributed by atoms with Crippen molar-refractivity contribution < 1.29 is 29.0 Å². The second kappa shape index (κ2) is 4.96. The third kappa shape index (κ3) is 2.71. The number of aliphatic carboxylic acids is 1. The number of carbonyl (C=O) groups is 3. The molecular weight excluding hydrogens is 216 g/mol. The van der Waals surface area contributed by atoms with E-state index in [4.69, 9.17) is 9.84 Å². The zero-order valence-corrected chi connectivity index (χ0v) is 9.02. The van der Waals surface area contributed by atoms with Gasteiger partial charge in [0.1, 0.15) is 0 Å². The minimum absolute atomic E-state index is 0.107. The lowest BCUT2D eigenvalue weighted by atomic mass is 9.79. The van der Waals surface area contributed by atoms with Crippen LogP contribution < -0.4 is 0 Å². The first-order valence-electron chi connectivity index (χ1n) is 4.96. The van der Waals surface area contributed by atoms with Crippen molar-refractivity contribution in [2.24, 2.45) is 5.41 Å². The van der Waals surface area contributed by atoms with Crippen molar-refractivity contribution in [3.05, 3.63) is 0 Å². The van der Waals surface area contributed by atoms with E-state index >= 15 is 0 Å². The Labute approximate surface area is 92.5 Å². The van der Waals surface area contributed by atoms with Gasteiger partial charge in [0.25, 0.3) is 0 Å². The molecule has 1 aliphatic rings. The lowest BCUT2D eigenvalue weighted by Gasteiger charge is -2.22. The second-order valence-electron chi connectivity index (χ2n) is 3.81. The third-order valence-electron chi connectivity index (χ3n) is 2.77. The molecule has 1 N–H and O–H groups in total. The summed E-state index contributed by atoms with van der Waals surface area (Å²) >= 11 is 0. The van der Waals surface area contributed by atoms with E-state index in [1.807, 2.05) is 0 Å². The fraction of sp³-hybridized carbons (Fsp3) is 0.700. The maximum Gasteiger partial charge on any atom is 0.312 e. The van der Waals surface area contributed by atoms with Crippen molar-refractivity contribution in [2.45, 2.75) is 25.7 Å². The average Bonchev–Trinajstić information content (AvgIpc) is 2.58. The van der Waals surface area contributed by atoms with Gasteiger partial charge in [-0.05, 0) is 12.8 Å². The maximum absolute atomic E-state index is 11.5. The molecule has 0 aromatic rings. The van der Waals surface area contributed by atoms with Crippen molar-refractivity contribution in [3.63, 3.8) is 0 Å². The first-order chi connectivity index (χ1) is 7.50. The molecule has 6 heteroatoms. The number of methoxy groups -OCH3 is 1. The van der Waals surface area contributed by atoms with Crippen LogP contribution in [0.15, 0.2) is 0 Å². The van der Waals surface area contributed by atoms with Gasteiger partial charge in [-0.2, -0.15) is 0 Å². The summed E-state index contributed by atoms with van der Waals surface area (Å²) in [5.41, 5.74) is -1.01. The number of carboxylic acids is 1. The van der Waals surface area contributed by atoms with Gasteiger partial charge in [-0.25, -0.2) is 0 Å². The molecule has 1 aliphatic heterocycles. The molecule has 0 aliphatic carbocycles. The quantitative estimate of drug-likeness (QED) is 0.685. The molecule has 0 bridgehead atoms. The van der Waals surface area contributed by atoms with Crippen molar-refractivity contribution >= 4 is 17.9 Å². The Morgan fingerprint density at radius 3 is 2.69 bits per heavy atom. The summed E-state index contributed by atoms with van der Waals surface area (Å²) in [5.74, 6) is -2.02. The fourth-order valence-corrected chi connectivity index (χ4v) is 1.76. The SMILES string of the molecule is COC(=O)CC1(CCC(=O)O)CCOC1=O. The smallest absolute Gasteiger partial charge is 0.312 e. The van der Waals surface area contributed by atoms with E-state index in [1.165, 1.54) is 7.11 Å². The van der Waals surface area contributed by atoms with Crippen LogP contribution in [0.2, 0.25) is 0 Å². The molecule has 1 heterocycles. The Hall–Kier alpha value is -1.59. The van der Waals surface area contributed by atoms with Crippen LogP contribution in [0.5, 0.6) is 0 Å². The van der Waals surface area contributed by atoms with Crippen molar-refractivity contribution in [1.82, 2.24) is 0 Å². The molecule has 1 fully saturated rings. The molecule has 0 aromatic carbocycles. The monoisotopic (exact) mass is 230 g/mol. The molecule has 0 saturated carbocycles. The van der Waals surface area contributed by atoms with Gasteiger partial charge in [0, 0.05) is 6.42 Å². The van der Waals surface area contributed by atoms with Crippen LogP contribution in [-0.2, 0) is 23.9 Å². The Morgan fingerprint density at radius 2 is 2.25 bits per heavy atom. The van der Waals surface area contributed by atoms with Gasteiger partial charge >= 0.3 is 17.9 Å². The molecule has 0 amide bonds. The topological polar surface area (TPSA) is 89.9 Å². The average molecular weight is 230 g/mol. The molecule has 6 nitrogen and oxygen atoms in total. The van der Waals surface area contributed by atoms with Crippen molar-refractivity contribution in [3.8, 4) is 0 Å². The zero-order valence-electron chi connectivity index (χ0n) is 9.02. The van der Waals surface area contributed by atoms with E-state index in [-0.39, 0.29) is 25.9 Å². The zero-order chi connectivity index (χ0) is 12.2. The Morgan fingerprint density at radius 1 is 1.56 bits per heavy atom. The van der Waals surface area contributed by atoms with Crippen LogP contribution in [0.4, 0.5) is 0 Å². The highest BCUT2D eigenvalue weighted by Gasteiger charge is 2.46. The van der Waals surface area contributed by atoms with Gasteiger partial charge < -0.3 is 14.6 Å². The highest BCUT2D eigenvalue weighted by molar-refractivity contribution is 5.85. The van der Waals surface area contributed by atoms with Crippen LogP contribution in [0.1, 0.15) is 25.7 Å². The standard InChI is InChI=1S/C10H14O6/c1-15-8(13)6-10(3-2-7(11)12)4-5-16-9(10)14/h2-6H2,1H3,(H,11,12). The molecule has 1 rings (SSSR count). The molecular formula is C10H14O6. The van der Waals surface area contributed by atoms with Crippen molar-refractivity contribution in [1.29, 1.82) is 0 Å². The molecule has 0 spiro atoms. The number of cyclic esters (lactones) is 1.